The van der Waals surface area contributed by atoms with Gasteiger partial charge in [-0.3, -0.25) is 4.79 Å². The minimum atomic E-state index is -1.03. The molecule has 0 saturated carbocycles. The number of anilines is 1. The molecule has 1 amide bonds. The van der Waals surface area contributed by atoms with Gasteiger partial charge in [0.2, 0.25) is 12.6 Å². The summed E-state index contributed by atoms with van der Waals surface area (Å²) in [4.78, 5) is 25.3. The molecule has 0 bridgehead atoms. The average Bonchev–Trinajstić information content (AvgIpc) is 3.37. The summed E-state index contributed by atoms with van der Waals surface area (Å²) in [5.41, 5.74) is 1.82. The zero-order valence-corrected chi connectivity index (χ0v) is 16.9. The second-order valence-corrected chi connectivity index (χ2v) is 7.32. The molecule has 4 aromatic rings. The van der Waals surface area contributed by atoms with Gasteiger partial charge in [-0.1, -0.05) is 36.4 Å². The van der Waals surface area contributed by atoms with E-state index in [1.165, 1.54) is 6.92 Å². The number of nitrogens with one attached hydrogen (secondary N) is 1. The van der Waals surface area contributed by atoms with Gasteiger partial charge in [0.1, 0.15) is 5.58 Å². The van der Waals surface area contributed by atoms with Crippen LogP contribution >= 0.6 is 0 Å². The van der Waals surface area contributed by atoms with Gasteiger partial charge < -0.3 is 23.9 Å². The lowest BCUT2D eigenvalue weighted by molar-refractivity contribution is -0.123. The number of amides is 1. The van der Waals surface area contributed by atoms with Crippen molar-refractivity contribution in [2.24, 2.45) is 0 Å². The summed E-state index contributed by atoms with van der Waals surface area (Å²) in [6.45, 7) is 3.45. The molecule has 1 aromatic heterocycles. The van der Waals surface area contributed by atoms with E-state index in [2.05, 4.69) is 5.32 Å². The van der Waals surface area contributed by atoms with Crippen molar-refractivity contribution in [2.75, 3.05) is 12.1 Å². The van der Waals surface area contributed by atoms with Gasteiger partial charge in [0.25, 0.3) is 5.91 Å². The van der Waals surface area contributed by atoms with Crippen LogP contribution < -0.4 is 14.8 Å². The summed E-state index contributed by atoms with van der Waals surface area (Å²) in [5.74, 6) is 0.101. The average molecular weight is 417 g/mol. The Morgan fingerprint density at radius 2 is 1.81 bits per heavy atom. The molecular formula is C24H19NO6. The van der Waals surface area contributed by atoms with E-state index in [1.54, 1.807) is 25.1 Å². The third-order valence-corrected chi connectivity index (χ3v) is 5.31. The fourth-order valence-corrected chi connectivity index (χ4v) is 3.63. The molecular weight excluding hydrogens is 398 g/mol. The fraction of sp³-hybridized carbons (Fsp3) is 0.167. The Bertz CT molecular complexity index is 1340. The lowest BCUT2D eigenvalue weighted by Crippen LogP contribution is -2.30. The Morgan fingerprint density at radius 1 is 1.00 bits per heavy atom. The van der Waals surface area contributed by atoms with Gasteiger partial charge >= 0.3 is 5.97 Å². The normalized spacial score (nSPS) is 13.4. The Balaban J connectivity index is 1.34. The standard InChI is InChI=1S/C24H19NO6/c1-13-17-9-7-15-5-3-4-6-18(15)22(17)31-21(13)24(27)30-14(2)23(26)25-16-8-10-19-20(11-16)29-12-28-19/h3-11,14H,12H2,1-2H3,(H,25,26)/t14-/m1/s1. The lowest BCUT2D eigenvalue weighted by Gasteiger charge is -2.13. The van der Waals surface area contributed by atoms with Crippen LogP contribution in [0.1, 0.15) is 23.0 Å². The van der Waals surface area contributed by atoms with Crippen LogP contribution in [0, 0.1) is 6.92 Å². The first-order valence-corrected chi connectivity index (χ1v) is 9.83. The highest BCUT2D eigenvalue weighted by Gasteiger charge is 2.25. The lowest BCUT2D eigenvalue weighted by atomic mass is 10.1. The highest BCUT2D eigenvalue weighted by atomic mass is 16.7. The molecule has 1 aliphatic rings. The molecule has 3 aromatic carbocycles. The van der Waals surface area contributed by atoms with Crippen LogP contribution in [0.2, 0.25) is 0 Å². The molecule has 0 spiro atoms. The predicted molar refractivity (Wildman–Crippen MR) is 115 cm³/mol. The van der Waals surface area contributed by atoms with E-state index in [0.717, 1.165) is 16.2 Å². The molecule has 1 N–H and O–H groups in total. The number of rotatable bonds is 4. The zero-order valence-electron chi connectivity index (χ0n) is 16.9. The summed E-state index contributed by atoms with van der Waals surface area (Å²) < 4.78 is 21.8. The number of furan rings is 1. The van der Waals surface area contributed by atoms with Crippen LogP contribution in [-0.4, -0.2) is 24.8 Å². The first kappa shape index (κ1) is 19.0. The SMILES string of the molecule is Cc1c(C(=O)O[C@H](C)C(=O)Nc2ccc3c(c2)OCO3)oc2c1ccc1ccccc12. The number of hydrogen-bond donors (Lipinski definition) is 1. The van der Waals surface area contributed by atoms with Crippen molar-refractivity contribution in [3.8, 4) is 11.5 Å². The molecule has 31 heavy (non-hydrogen) atoms. The summed E-state index contributed by atoms with van der Waals surface area (Å²) in [6, 6.07) is 16.7. The van der Waals surface area contributed by atoms with E-state index in [1.807, 2.05) is 36.4 Å². The number of fused-ring (bicyclic) bond motifs is 4. The number of hydrogen-bond acceptors (Lipinski definition) is 6. The van der Waals surface area contributed by atoms with E-state index < -0.39 is 18.0 Å². The van der Waals surface area contributed by atoms with E-state index in [4.69, 9.17) is 18.6 Å². The molecule has 0 unspecified atom stereocenters. The Hall–Kier alpha value is -4.00. The van der Waals surface area contributed by atoms with Crippen LogP contribution in [0.15, 0.2) is 59.0 Å². The van der Waals surface area contributed by atoms with E-state index in [-0.39, 0.29) is 12.6 Å². The molecule has 0 fully saturated rings. The van der Waals surface area contributed by atoms with Crippen molar-refractivity contribution in [3.05, 3.63) is 65.9 Å². The van der Waals surface area contributed by atoms with Crippen LogP contribution in [0.4, 0.5) is 5.69 Å². The number of ether oxygens (including phenoxy) is 3. The number of esters is 1. The van der Waals surface area contributed by atoms with Gasteiger partial charge in [-0.05, 0) is 31.4 Å². The quantitative estimate of drug-likeness (QED) is 0.480. The van der Waals surface area contributed by atoms with Gasteiger partial charge in [0, 0.05) is 28.1 Å². The summed E-state index contributed by atoms with van der Waals surface area (Å²) >= 11 is 0. The van der Waals surface area contributed by atoms with Gasteiger partial charge in [-0.25, -0.2) is 4.79 Å². The smallest absolute Gasteiger partial charge is 0.375 e. The van der Waals surface area contributed by atoms with Crippen molar-refractivity contribution in [3.63, 3.8) is 0 Å². The summed E-state index contributed by atoms with van der Waals surface area (Å²) in [6.07, 6.45) is -1.03. The number of benzene rings is 3. The van der Waals surface area contributed by atoms with Gasteiger partial charge in [0.15, 0.2) is 17.6 Å². The van der Waals surface area contributed by atoms with Crippen molar-refractivity contribution in [2.45, 2.75) is 20.0 Å². The monoisotopic (exact) mass is 417 g/mol. The molecule has 7 heteroatoms. The Kier molecular flexibility index (Phi) is 4.51. The maximum atomic E-state index is 12.8. The molecule has 5 rings (SSSR count). The van der Waals surface area contributed by atoms with E-state index in [0.29, 0.717) is 28.3 Å². The second kappa shape index (κ2) is 7.36. The molecule has 0 aliphatic carbocycles. The molecule has 156 valence electrons. The van der Waals surface area contributed by atoms with Crippen LogP contribution in [0.3, 0.4) is 0 Å². The topological polar surface area (TPSA) is 87.0 Å². The van der Waals surface area contributed by atoms with Gasteiger partial charge in [-0.15, -0.1) is 0 Å². The first-order chi connectivity index (χ1) is 15.0. The highest BCUT2D eigenvalue weighted by molar-refractivity contribution is 6.08. The number of carbonyl (C=O) groups is 2. The zero-order chi connectivity index (χ0) is 21.5. The van der Waals surface area contributed by atoms with Gasteiger partial charge in [-0.2, -0.15) is 0 Å². The maximum Gasteiger partial charge on any atom is 0.375 e. The molecule has 1 atom stereocenters. The molecule has 0 saturated heterocycles. The fourth-order valence-electron chi connectivity index (χ4n) is 3.63. The van der Waals surface area contributed by atoms with Crippen LogP contribution in [0.25, 0.3) is 21.7 Å². The maximum absolute atomic E-state index is 12.8. The van der Waals surface area contributed by atoms with E-state index >= 15 is 0 Å². The number of aryl methyl sites for hydroxylation is 1. The highest BCUT2D eigenvalue weighted by Crippen LogP contribution is 2.34. The van der Waals surface area contributed by atoms with Crippen molar-refractivity contribution >= 4 is 39.3 Å². The summed E-state index contributed by atoms with van der Waals surface area (Å²) in [7, 11) is 0. The van der Waals surface area contributed by atoms with Crippen molar-refractivity contribution < 1.29 is 28.2 Å². The number of carbonyl (C=O) groups excluding carboxylic acids is 2. The first-order valence-electron chi connectivity index (χ1n) is 9.83. The second-order valence-electron chi connectivity index (χ2n) is 7.32. The minimum absolute atomic E-state index is 0.0917. The molecule has 0 radical (unpaired) electrons. The largest absolute Gasteiger partial charge is 0.454 e. The van der Waals surface area contributed by atoms with Crippen molar-refractivity contribution in [1.29, 1.82) is 0 Å². The minimum Gasteiger partial charge on any atom is -0.454 e. The van der Waals surface area contributed by atoms with Crippen LogP contribution in [-0.2, 0) is 9.53 Å². The third kappa shape index (κ3) is 3.34. The Labute approximate surface area is 177 Å². The molecule has 2 heterocycles. The van der Waals surface area contributed by atoms with Gasteiger partial charge in [0.05, 0.1) is 0 Å². The Morgan fingerprint density at radius 3 is 2.68 bits per heavy atom. The third-order valence-electron chi connectivity index (χ3n) is 5.31. The van der Waals surface area contributed by atoms with E-state index in [9.17, 15) is 9.59 Å². The predicted octanol–water partition coefficient (Wildman–Crippen LogP) is 4.81. The van der Waals surface area contributed by atoms with Crippen molar-refractivity contribution in [1.82, 2.24) is 0 Å². The molecule has 7 nitrogen and oxygen atoms in total. The summed E-state index contributed by atoms with van der Waals surface area (Å²) in [5, 5.41) is 5.47. The van der Waals surface area contributed by atoms with Crippen LogP contribution in [0.5, 0.6) is 11.5 Å². The molecule has 1 aliphatic heterocycles.